The lowest BCUT2D eigenvalue weighted by atomic mass is 9.54. The molecule has 0 aliphatic heterocycles. The van der Waals surface area contributed by atoms with Crippen LogP contribution in [-0.4, -0.2) is 35.9 Å². The fraction of sp³-hybridized carbons (Fsp3) is 0.667. The maximum atomic E-state index is 12.2. The topological polar surface area (TPSA) is 58.6 Å². The zero-order valence-electron chi connectivity index (χ0n) is 12.3. The third-order valence-electron chi connectivity index (χ3n) is 4.50. The molecule has 1 aromatic heterocycles. The maximum absolute atomic E-state index is 12.2. The molecular formula is C15H23NO3S. The van der Waals surface area contributed by atoms with Gasteiger partial charge < -0.3 is 15.2 Å². The first-order valence-corrected chi connectivity index (χ1v) is 7.89. The minimum atomic E-state index is -0.568. The van der Waals surface area contributed by atoms with E-state index in [4.69, 9.17) is 4.74 Å². The van der Waals surface area contributed by atoms with Gasteiger partial charge in [0.05, 0.1) is 24.7 Å². The molecule has 1 aromatic rings. The Morgan fingerprint density at radius 2 is 2.35 bits per heavy atom. The summed E-state index contributed by atoms with van der Waals surface area (Å²) in [7, 11) is 0. The summed E-state index contributed by atoms with van der Waals surface area (Å²) in [6.07, 6.45) is 1.12. The molecule has 1 saturated carbocycles. The summed E-state index contributed by atoms with van der Waals surface area (Å²) >= 11 is 1.57. The Morgan fingerprint density at radius 1 is 1.60 bits per heavy atom. The summed E-state index contributed by atoms with van der Waals surface area (Å²) in [5, 5.41) is 14.8. The zero-order chi connectivity index (χ0) is 14.8. The van der Waals surface area contributed by atoms with E-state index in [9.17, 15) is 9.90 Å². The van der Waals surface area contributed by atoms with Gasteiger partial charge in [0.25, 0.3) is 0 Å². The zero-order valence-corrected chi connectivity index (χ0v) is 13.1. The molecule has 2 atom stereocenters. The highest BCUT2D eigenvalue weighted by molar-refractivity contribution is 7.10. The number of aliphatic hydroxyl groups excluding tert-OH is 1. The van der Waals surface area contributed by atoms with Crippen molar-refractivity contribution in [3.05, 3.63) is 22.4 Å². The largest absolute Gasteiger partial charge is 0.394 e. The van der Waals surface area contributed by atoms with Gasteiger partial charge in [-0.3, -0.25) is 4.79 Å². The number of amides is 1. The second kappa shape index (κ2) is 5.84. The van der Waals surface area contributed by atoms with E-state index < -0.39 is 5.54 Å². The molecule has 0 bridgehead atoms. The van der Waals surface area contributed by atoms with Crippen LogP contribution < -0.4 is 5.32 Å². The van der Waals surface area contributed by atoms with Crippen LogP contribution in [0.3, 0.4) is 0 Å². The summed E-state index contributed by atoms with van der Waals surface area (Å²) in [6.45, 7) is 6.64. The van der Waals surface area contributed by atoms with E-state index in [0.717, 1.165) is 4.88 Å². The average Bonchev–Trinajstić information content (AvgIpc) is 2.89. The van der Waals surface area contributed by atoms with Crippen molar-refractivity contribution in [2.24, 2.45) is 5.41 Å². The number of ether oxygens (including phenoxy) is 1. The molecule has 5 heteroatoms. The number of thiophene rings is 1. The highest BCUT2D eigenvalue weighted by Gasteiger charge is 2.61. The van der Waals surface area contributed by atoms with Crippen LogP contribution in [0.25, 0.3) is 0 Å². The van der Waals surface area contributed by atoms with Gasteiger partial charge in [0.15, 0.2) is 0 Å². The predicted molar refractivity (Wildman–Crippen MR) is 79.8 cm³/mol. The van der Waals surface area contributed by atoms with Crippen molar-refractivity contribution in [1.29, 1.82) is 0 Å². The monoisotopic (exact) mass is 297 g/mol. The van der Waals surface area contributed by atoms with Crippen LogP contribution in [-0.2, 0) is 16.0 Å². The highest BCUT2D eigenvalue weighted by atomic mass is 32.1. The molecule has 1 aliphatic carbocycles. The Labute approximate surface area is 124 Å². The predicted octanol–water partition coefficient (Wildman–Crippen LogP) is 1.97. The second-order valence-electron chi connectivity index (χ2n) is 5.91. The van der Waals surface area contributed by atoms with Gasteiger partial charge in [-0.15, -0.1) is 11.3 Å². The molecule has 2 rings (SSSR count). The smallest absolute Gasteiger partial charge is 0.225 e. The van der Waals surface area contributed by atoms with E-state index in [0.29, 0.717) is 19.4 Å². The van der Waals surface area contributed by atoms with Crippen LogP contribution >= 0.6 is 11.3 Å². The SMILES string of the molecule is CCO[C@@H]1C[C@](CO)(NC(=O)Cc2cccs2)C1(C)C. The van der Waals surface area contributed by atoms with E-state index >= 15 is 0 Å². The molecule has 4 nitrogen and oxygen atoms in total. The fourth-order valence-corrected chi connectivity index (χ4v) is 3.59. The molecule has 0 spiro atoms. The molecular weight excluding hydrogens is 274 g/mol. The molecule has 0 unspecified atom stereocenters. The van der Waals surface area contributed by atoms with E-state index in [2.05, 4.69) is 5.32 Å². The van der Waals surface area contributed by atoms with Crippen molar-refractivity contribution in [2.45, 2.75) is 45.3 Å². The number of hydrogen-bond donors (Lipinski definition) is 2. The lowest BCUT2D eigenvalue weighted by molar-refractivity contribution is -0.180. The van der Waals surface area contributed by atoms with Gasteiger partial charge >= 0.3 is 0 Å². The Hall–Kier alpha value is -0.910. The summed E-state index contributed by atoms with van der Waals surface area (Å²) in [6, 6.07) is 3.89. The lowest BCUT2D eigenvalue weighted by Gasteiger charge is -2.60. The Balaban J connectivity index is 2.00. The van der Waals surface area contributed by atoms with Crippen molar-refractivity contribution in [3.8, 4) is 0 Å². The third kappa shape index (κ3) is 2.62. The Morgan fingerprint density at radius 3 is 2.85 bits per heavy atom. The molecule has 1 heterocycles. The summed E-state index contributed by atoms with van der Waals surface area (Å²) < 4.78 is 5.68. The lowest BCUT2D eigenvalue weighted by Crippen LogP contribution is -2.74. The van der Waals surface area contributed by atoms with E-state index in [1.54, 1.807) is 11.3 Å². The summed E-state index contributed by atoms with van der Waals surface area (Å²) in [4.78, 5) is 13.2. The van der Waals surface area contributed by atoms with Gasteiger partial charge in [-0.25, -0.2) is 0 Å². The van der Waals surface area contributed by atoms with Crippen molar-refractivity contribution in [2.75, 3.05) is 13.2 Å². The van der Waals surface area contributed by atoms with Gasteiger partial charge in [-0.05, 0) is 18.4 Å². The number of rotatable bonds is 6. The first kappa shape index (κ1) is 15.5. The highest BCUT2D eigenvalue weighted by Crippen LogP contribution is 2.51. The third-order valence-corrected chi connectivity index (χ3v) is 5.38. The van der Waals surface area contributed by atoms with Crippen LogP contribution in [0.4, 0.5) is 0 Å². The van der Waals surface area contributed by atoms with Gasteiger partial charge in [0.2, 0.25) is 5.91 Å². The van der Waals surface area contributed by atoms with Crippen molar-refractivity contribution in [1.82, 2.24) is 5.32 Å². The number of hydrogen-bond acceptors (Lipinski definition) is 4. The summed E-state index contributed by atoms with van der Waals surface area (Å²) in [5.41, 5.74) is -0.829. The molecule has 20 heavy (non-hydrogen) atoms. The van der Waals surface area contributed by atoms with E-state index in [-0.39, 0.29) is 24.0 Å². The van der Waals surface area contributed by atoms with Crippen LogP contribution in [0, 0.1) is 5.41 Å². The van der Waals surface area contributed by atoms with Gasteiger partial charge in [0.1, 0.15) is 0 Å². The number of carbonyl (C=O) groups is 1. The first-order chi connectivity index (χ1) is 9.45. The summed E-state index contributed by atoms with van der Waals surface area (Å²) in [5.74, 6) is -0.0375. The van der Waals surface area contributed by atoms with Crippen LogP contribution in [0.15, 0.2) is 17.5 Å². The minimum absolute atomic E-state index is 0.0375. The van der Waals surface area contributed by atoms with Crippen molar-refractivity contribution >= 4 is 17.2 Å². The number of carbonyl (C=O) groups excluding carboxylic acids is 1. The Kier molecular flexibility index (Phi) is 4.52. The maximum Gasteiger partial charge on any atom is 0.225 e. The molecule has 0 aromatic carbocycles. The standard InChI is InChI=1S/C15H23NO3S/c1-4-19-12-9-15(10-17,14(12,2)3)16-13(18)8-11-6-5-7-20-11/h5-7,12,17H,4,8-10H2,1-3H3,(H,16,18)/t12-,15-/m1/s1. The molecule has 1 amide bonds. The molecule has 2 N–H and O–H groups in total. The van der Waals surface area contributed by atoms with E-state index in [1.807, 2.05) is 38.3 Å². The molecule has 0 radical (unpaired) electrons. The molecule has 1 fully saturated rings. The van der Waals surface area contributed by atoms with E-state index in [1.165, 1.54) is 0 Å². The first-order valence-electron chi connectivity index (χ1n) is 7.01. The van der Waals surface area contributed by atoms with Gasteiger partial charge in [0, 0.05) is 23.3 Å². The quantitative estimate of drug-likeness (QED) is 0.844. The number of aliphatic hydroxyl groups is 1. The van der Waals surface area contributed by atoms with Crippen LogP contribution in [0.2, 0.25) is 0 Å². The van der Waals surface area contributed by atoms with Crippen molar-refractivity contribution < 1.29 is 14.6 Å². The van der Waals surface area contributed by atoms with Crippen molar-refractivity contribution in [3.63, 3.8) is 0 Å². The van der Waals surface area contributed by atoms with Crippen LogP contribution in [0.5, 0.6) is 0 Å². The van der Waals surface area contributed by atoms with Crippen LogP contribution in [0.1, 0.15) is 32.1 Å². The Bertz CT molecular complexity index is 458. The fourth-order valence-electron chi connectivity index (χ4n) is 2.88. The second-order valence-corrected chi connectivity index (χ2v) is 6.95. The van der Waals surface area contributed by atoms with Gasteiger partial charge in [-0.2, -0.15) is 0 Å². The normalized spacial score (nSPS) is 27.9. The molecule has 112 valence electrons. The van der Waals surface area contributed by atoms with Gasteiger partial charge in [-0.1, -0.05) is 19.9 Å². The number of nitrogens with one attached hydrogen (secondary N) is 1. The average molecular weight is 297 g/mol. The minimum Gasteiger partial charge on any atom is -0.394 e. The molecule has 0 saturated heterocycles. The molecule has 1 aliphatic rings.